The summed E-state index contributed by atoms with van der Waals surface area (Å²) in [4.78, 5) is 53.3. The van der Waals surface area contributed by atoms with Gasteiger partial charge in [-0.05, 0) is 54.8 Å². The summed E-state index contributed by atoms with van der Waals surface area (Å²) in [7, 11) is -4.13. The topological polar surface area (TPSA) is 168 Å². The highest BCUT2D eigenvalue weighted by atomic mass is 32.2. The first-order valence-electron chi connectivity index (χ1n) is 13.3. The third kappa shape index (κ3) is 5.87. The lowest BCUT2D eigenvalue weighted by molar-refractivity contribution is -0.384. The number of hydrogen-bond acceptors (Lipinski definition) is 9. The number of Topliss-reactive ketones (excluding diaryl/α,β-unsaturated/α-hetero) is 1. The Kier molecular flexibility index (Phi) is 8.18. The fraction of sp³-hybridized carbons (Fsp3) is 0.200. The van der Waals surface area contributed by atoms with E-state index in [0.717, 1.165) is 53.6 Å². The van der Waals surface area contributed by atoms with E-state index >= 15 is 0 Å². The zero-order valence-electron chi connectivity index (χ0n) is 23.3. The molecule has 0 bridgehead atoms. The van der Waals surface area contributed by atoms with Crippen molar-refractivity contribution >= 4 is 39.1 Å². The van der Waals surface area contributed by atoms with Gasteiger partial charge in [0.15, 0.2) is 15.6 Å². The number of carbonyl (C=O) groups excluding carboxylic acids is 3. The number of imide groups is 1. The van der Waals surface area contributed by atoms with E-state index in [0.29, 0.717) is 4.90 Å². The smallest absolute Gasteiger partial charge is 0.410 e. The summed E-state index contributed by atoms with van der Waals surface area (Å²) >= 11 is 0. The molecule has 0 saturated carbocycles. The summed E-state index contributed by atoms with van der Waals surface area (Å²) in [6, 6.07) is 11.7. The van der Waals surface area contributed by atoms with Crippen molar-refractivity contribution in [3.05, 3.63) is 105 Å². The molecule has 3 amide bonds. The van der Waals surface area contributed by atoms with Gasteiger partial charge < -0.3 is 4.74 Å². The zero-order valence-corrected chi connectivity index (χ0v) is 24.2. The number of halogens is 2. The van der Waals surface area contributed by atoms with Crippen molar-refractivity contribution in [1.29, 1.82) is 5.26 Å². The number of ether oxygens (including phenoxy) is 1. The van der Waals surface area contributed by atoms with E-state index in [4.69, 9.17) is 4.74 Å². The largest absolute Gasteiger partial charge is 0.424 e. The number of sulfone groups is 1. The van der Waals surface area contributed by atoms with Crippen molar-refractivity contribution in [2.75, 3.05) is 11.2 Å². The lowest BCUT2D eigenvalue weighted by atomic mass is 9.83. The van der Waals surface area contributed by atoms with Gasteiger partial charge in [0.2, 0.25) is 0 Å². The van der Waals surface area contributed by atoms with Crippen LogP contribution in [0.5, 0.6) is 5.75 Å². The molecule has 1 unspecified atom stereocenters. The number of hydrogen-bond donors (Lipinski definition) is 0. The average Bonchev–Trinajstić information content (AvgIpc) is 3.00. The van der Waals surface area contributed by atoms with E-state index in [1.54, 1.807) is 0 Å². The zero-order chi connectivity index (χ0) is 32.6. The van der Waals surface area contributed by atoms with Gasteiger partial charge in [-0.2, -0.15) is 5.26 Å². The number of allylic oxidation sites excluding steroid dienone is 1. The van der Waals surface area contributed by atoms with Crippen molar-refractivity contribution < 1.29 is 41.2 Å². The number of amides is 3. The Hall–Kier alpha value is -5.49. The maximum absolute atomic E-state index is 14.3. The molecule has 1 aliphatic heterocycles. The van der Waals surface area contributed by atoms with Crippen LogP contribution in [-0.2, 0) is 14.6 Å². The van der Waals surface area contributed by atoms with Crippen molar-refractivity contribution in [3.63, 3.8) is 0 Å². The molecule has 0 spiro atoms. The van der Waals surface area contributed by atoms with Crippen molar-refractivity contribution in [3.8, 4) is 11.8 Å². The van der Waals surface area contributed by atoms with E-state index < -0.39 is 55.6 Å². The van der Waals surface area contributed by atoms with Gasteiger partial charge in [-0.25, -0.2) is 31.7 Å². The fourth-order valence-electron chi connectivity index (χ4n) is 5.33. The number of urea groups is 1. The van der Waals surface area contributed by atoms with Gasteiger partial charge in [0.05, 0.1) is 27.1 Å². The highest BCUT2D eigenvalue weighted by Crippen LogP contribution is 2.46. The summed E-state index contributed by atoms with van der Waals surface area (Å²) in [5.74, 6) is -0.748. The number of benzene rings is 3. The van der Waals surface area contributed by atoms with Crippen molar-refractivity contribution in [1.82, 2.24) is 4.90 Å². The number of nitro benzene ring substituents is 1. The maximum atomic E-state index is 14.3. The van der Waals surface area contributed by atoms with Gasteiger partial charge in [0.1, 0.15) is 11.8 Å². The number of nitriles is 1. The Morgan fingerprint density at radius 3 is 2.42 bits per heavy atom. The third-order valence-electron chi connectivity index (χ3n) is 7.29. The quantitative estimate of drug-likeness (QED) is 0.233. The number of rotatable bonds is 6. The average molecular weight is 637 g/mol. The monoisotopic (exact) mass is 636 g/mol. The molecule has 0 aromatic heterocycles. The van der Waals surface area contributed by atoms with Crippen LogP contribution in [0, 0.1) is 21.4 Å². The number of nitrogens with zero attached hydrogens (tertiary/aromatic N) is 4. The Bertz CT molecular complexity index is 1940. The first-order valence-corrected chi connectivity index (χ1v) is 15.2. The van der Waals surface area contributed by atoms with E-state index in [2.05, 4.69) is 0 Å². The van der Waals surface area contributed by atoms with E-state index in [1.165, 1.54) is 24.3 Å². The molecule has 0 fully saturated rings. The summed E-state index contributed by atoms with van der Waals surface area (Å²) < 4.78 is 58.6. The van der Waals surface area contributed by atoms with E-state index in [1.807, 2.05) is 6.07 Å². The summed E-state index contributed by atoms with van der Waals surface area (Å²) in [6.45, 7) is 0. The molecular formula is C30H22F2N4O8S. The molecule has 3 aromatic rings. The third-order valence-corrected chi connectivity index (χ3v) is 8.45. The van der Waals surface area contributed by atoms with Crippen LogP contribution in [-0.4, -0.2) is 42.4 Å². The first kappa shape index (κ1) is 31.0. The van der Waals surface area contributed by atoms with Crippen LogP contribution >= 0.6 is 0 Å². The highest BCUT2D eigenvalue weighted by molar-refractivity contribution is 7.90. The van der Waals surface area contributed by atoms with Crippen LogP contribution in [0.3, 0.4) is 0 Å². The van der Waals surface area contributed by atoms with Gasteiger partial charge in [0, 0.05) is 41.6 Å². The number of anilines is 1. The lowest BCUT2D eigenvalue weighted by Crippen LogP contribution is -2.55. The highest BCUT2D eigenvalue weighted by Gasteiger charge is 2.49. The van der Waals surface area contributed by atoms with Crippen LogP contribution < -0.4 is 9.64 Å². The Labute approximate surface area is 254 Å². The molecule has 3 aromatic carbocycles. The van der Waals surface area contributed by atoms with Crippen LogP contribution in [0.25, 0.3) is 0 Å². The predicted octanol–water partition coefficient (Wildman–Crippen LogP) is 6.00. The SMILES string of the molecule is CS(=O)(=O)c1cc(C#N)ccc1C1C2=C(CCCC2=O)N(c2cccc(C(F)F)c2)C(=O)N1C(=O)Oc1ccc([N+](=O)[O-])cc1. The van der Waals surface area contributed by atoms with E-state index in [-0.39, 0.29) is 58.8 Å². The molecule has 1 aliphatic carbocycles. The Morgan fingerprint density at radius 2 is 1.80 bits per heavy atom. The molecular weight excluding hydrogens is 614 g/mol. The molecule has 230 valence electrons. The van der Waals surface area contributed by atoms with Crippen LogP contribution in [0.4, 0.5) is 29.7 Å². The molecule has 0 N–H and O–H groups in total. The van der Waals surface area contributed by atoms with Gasteiger partial charge in [-0.15, -0.1) is 0 Å². The number of alkyl halides is 2. The Balaban J connectivity index is 1.76. The van der Waals surface area contributed by atoms with Gasteiger partial charge in [0.25, 0.3) is 12.1 Å². The number of ketones is 1. The standard InChI is InChI=1S/C30H22F2N4O8S/c1-45(42,43)25-14-17(16-33)8-13-22(25)27-26-23(6-3-7-24(26)37)34(20-5-2-4-18(15-20)28(31)32)29(38)35(27)30(39)44-21-11-9-19(10-12-21)36(40)41/h2,4-5,8-15,27-28H,3,6-7H2,1H3. The number of nitro groups is 1. The van der Waals surface area contributed by atoms with Crippen LogP contribution in [0.2, 0.25) is 0 Å². The molecule has 15 heteroatoms. The molecule has 0 radical (unpaired) electrons. The summed E-state index contributed by atoms with van der Waals surface area (Å²) in [6.07, 6.45) is -3.07. The predicted molar refractivity (Wildman–Crippen MR) is 153 cm³/mol. The first-order chi connectivity index (χ1) is 21.3. The van der Waals surface area contributed by atoms with Crippen molar-refractivity contribution in [2.45, 2.75) is 36.6 Å². The van der Waals surface area contributed by atoms with Crippen molar-refractivity contribution in [2.24, 2.45) is 0 Å². The number of carbonyl (C=O) groups is 3. The molecule has 12 nitrogen and oxygen atoms in total. The second-order valence-electron chi connectivity index (χ2n) is 10.2. The van der Waals surface area contributed by atoms with Crippen LogP contribution in [0.15, 0.2) is 82.9 Å². The summed E-state index contributed by atoms with van der Waals surface area (Å²) in [5.41, 5.74) is -1.07. The van der Waals surface area contributed by atoms with Crippen LogP contribution in [0.1, 0.15) is 48.4 Å². The maximum Gasteiger partial charge on any atom is 0.424 e. The van der Waals surface area contributed by atoms with Gasteiger partial charge in [-0.3, -0.25) is 19.8 Å². The second kappa shape index (κ2) is 11.9. The van der Waals surface area contributed by atoms with Gasteiger partial charge >= 0.3 is 12.1 Å². The lowest BCUT2D eigenvalue weighted by Gasteiger charge is -2.44. The van der Waals surface area contributed by atoms with Gasteiger partial charge in [-0.1, -0.05) is 18.2 Å². The minimum absolute atomic E-state index is 0.0236. The molecule has 1 atom stereocenters. The molecule has 0 saturated heterocycles. The molecule has 45 heavy (non-hydrogen) atoms. The minimum Gasteiger partial charge on any atom is -0.410 e. The summed E-state index contributed by atoms with van der Waals surface area (Å²) in [5, 5.41) is 20.5. The Morgan fingerprint density at radius 1 is 1.09 bits per heavy atom. The molecule has 1 heterocycles. The fourth-order valence-corrected chi connectivity index (χ4v) is 6.28. The van der Waals surface area contributed by atoms with E-state index in [9.17, 15) is 47.0 Å². The minimum atomic E-state index is -4.13. The normalized spacial score (nSPS) is 16.8. The molecule has 2 aliphatic rings. The number of non-ortho nitro benzene ring substituents is 1. The second-order valence-corrected chi connectivity index (χ2v) is 12.2. The molecule has 5 rings (SSSR count).